The molecule has 3 rings (SSSR count). The molecule has 0 aliphatic heterocycles. The SMILES string of the molecule is NC(=O)c1ccc(NC(=O)/C=C/c2sc3ccccc3c2Cl)cc1. The fourth-order valence-corrected chi connectivity index (χ4v) is 3.59. The van der Waals surface area contributed by atoms with Gasteiger partial charge in [-0.3, -0.25) is 9.59 Å². The summed E-state index contributed by atoms with van der Waals surface area (Å²) in [5.74, 6) is -0.789. The summed E-state index contributed by atoms with van der Waals surface area (Å²) in [5, 5.41) is 4.34. The van der Waals surface area contributed by atoms with Crippen molar-refractivity contribution >= 4 is 56.6 Å². The molecule has 120 valence electrons. The summed E-state index contributed by atoms with van der Waals surface area (Å²) in [6, 6.07) is 14.2. The molecule has 1 aromatic heterocycles. The zero-order valence-corrected chi connectivity index (χ0v) is 14.0. The number of carbonyl (C=O) groups excluding carboxylic acids is 2. The zero-order valence-electron chi connectivity index (χ0n) is 12.5. The van der Waals surface area contributed by atoms with E-state index in [-0.39, 0.29) is 5.91 Å². The number of rotatable bonds is 4. The van der Waals surface area contributed by atoms with E-state index in [1.165, 1.54) is 17.4 Å². The number of benzene rings is 2. The van der Waals surface area contributed by atoms with Gasteiger partial charge in [0.1, 0.15) is 0 Å². The van der Waals surface area contributed by atoms with Gasteiger partial charge in [-0.2, -0.15) is 0 Å². The quantitative estimate of drug-likeness (QED) is 0.684. The van der Waals surface area contributed by atoms with Gasteiger partial charge in [-0.15, -0.1) is 11.3 Å². The second kappa shape index (κ2) is 6.86. The average Bonchev–Trinajstić information content (AvgIpc) is 2.90. The topological polar surface area (TPSA) is 72.2 Å². The first kappa shape index (κ1) is 16.2. The minimum Gasteiger partial charge on any atom is -0.366 e. The predicted octanol–water partition coefficient (Wildman–Crippen LogP) is 4.31. The second-order valence-electron chi connectivity index (χ2n) is 5.04. The van der Waals surface area contributed by atoms with E-state index in [0.717, 1.165) is 15.0 Å². The summed E-state index contributed by atoms with van der Waals surface area (Å²) in [6.45, 7) is 0. The van der Waals surface area contributed by atoms with E-state index in [1.807, 2.05) is 24.3 Å². The van der Waals surface area contributed by atoms with Crippen LogP contribution in [-0.4, -0.2) is 11.8 Å². The molecule has 2 amide bonds. The van der Waals surface area contributed by atoms with Crippen molar-refractivity contribution in [3.05, 3.63) is 70.1 Å². The van der Waals surface area contributed by atoms with E-state index >= 15 is 0 Å². The number of thiophene rings is 1. The Morgan fingerprint density at radius 3 is 2.46 bits per heavy atom. The van der Waals surface area contributed by atoms with Crippen LogP contribution in [0.3, 0.4) is 0 Å². The molecule has 3 N–H and O–H groups in total. The van der Waals surface area contributed by atoms with Gasteiger partial charge in [-0.1, -0.05) is 29.8 Å². The van der Waals surface area contributed by atoms with E-state index < -0.39 is 5.91 Å². The number of carbonyl (C=O) groups is 2. The molecule has 4 nitrogen and oxygen atoms in total. The number of fused-ring (bicyclic) bond motifs is 1. The van der Waals surface area contributed by atoms with Crippen molar-refractivity contribution in [1.29, 1.82) is 0 Å². The highest BCUT2D eigenvalue weighted by molar-refractivity contribution is 7.20. The molecule has 0 unspecified atom stereocenters. The molecule has 0 aliphatic rings. The maximum absolute atomic E-state index is 12.0. The summed E-state index contributed by atoms with van der Waals surface area (Å²) in [7, 11) is 0. The summed E-state index contributed by atoms with van der Waals surface area (Å²) in [4.78, 5) is 23.8. The molecule has 0 saturated carbocycles. The lowest BCUT2D eigenvalue weighted by molar-refractivity contribution is -0.111. The van der Waals surface area contributed by atoms with Crippen LogP contribution in [0.15, 0.2) is 54.6 Å². The van der Waals surface area contributed by atoms with E-state index in [1.54, 1.807) is 30.3 Å². The number of primary amides is 1. The highest BCUT2D eigenvalue weighted by atomic mass is 35.5. The van der Waals surface area contributed by atoms with Crippen LogP contribution in [-0.2, 0) is 4.79 Å². The Balaban J connectivity index is 1.72. The van der Waals surface area contributed by atoms with Gasteiger partial charge < -0.3 is 11.1 Å². The van der Waals surface area contributed by atoms with E-state index in [9.17, 15) is 9.59 Å². The van der Waals surface area contributed by atoms with Gasteiger partial charge in [0.15, 0.2) is 0 Å². The van der Waals surface area contributed by atoms with Crippen LogP contribution in [0.1, 0.15) is 15.2 Å². The third kappa shape index (κ3) is 3.48. The summed E-state index contributed by atoms with van der Waals surface area (Å²) in [6.07, 6.45) is 3.12. The minimum absolute atomic E-state index is 0.282. The number of hydrogen-bond donors (Lipinski definition) is 2. The highest BCUT2D eigenvalue weighted by Crippen LogP contribution is 2.35. The van der Waals surface area contributed by atoms with Gasteiger partial charge in [-0.05, 0) is 36.4 Å². The van der Waals surface area contributed by atoms with Crippen molar-refractivity contribution in [1.82, 2.24) is 0 Å². The molecule has 0 fully saturated rings. The van der Waals surface area contributed by atoms with Crippen LogP contribution in [0, 0.1) is 0 Å². The Kier molecular flexibility index (Phi) is 4.64. The third-order valence-corrected chi connectivity index (χ3v) is 5.04. The van der Waals surface area contributed by atoms with Crippen LogP contribution in [0.25, 0.3) is 16.2 Å². The lowest BCUT2D eigenvalue weighted by Crippen LogP contribution is -2.11. The molecule has 24 heavy (non-hydrogen) atoms. The average molecular weight is 357 g/mol. The second-order valence-corrected chi connectivity index (χ2v) is 6.50. The highest BCUT2D eigenvalue weighted by Gasteiger charge is 2.08. The Labute approximate surface area is 147 Å². The molecular weight excluding hydrogens is 344 g/mol. The monoisotopic (exact) mass is 356 g/mol. The Bertz CT molecular complexity index is 945. The maximum atomic E-state index is 12.0. The van der Waals surface area contributed by atoms with Crippen molar-refractivity contribution in [3.63, 3.8) is 0 Å². The van der Waals surface area contributed by atoms with E-state index in [4.69, 9.17) is 17.3 Å². The molecular formula is C18H13ClN2O2S. The number of amides is 2. The number of nitrogens with one attached hydrogen (secondary N) is 1. The summed E-state index contributed by atoms with van der Waals surface area (Å²) in [5.41, 5.74) is 6.14. The molecule has 0 atom stereocenters. The van der Waals surface area contributed by atoms with Gasteiger partial charge in [0.25, 0.3) is 0 Å². The first-order valence-corrected chi connectivity index (χ1v) is 8.30. The van der Waals surface area contributed by atoms with Gasteiger partial charge in [-0.25, -0.2) is 0 Å². The maximum Gasteiger partial charge on any atom is 0.248 e. The first-order valence-electron chi connectivity index (χ1n) is 7.10. The predicted molar refractivity (Wildman–Crippen MR) is 99.5 cm³/mol. The van der Waals surface area contributed by atoms with Crippen LogP contribution >= 0.6 is 22.9 Å². The number of hydrogen-bond acceptors (Lipinski definition) is 3. The Hall–Kier alpha value is -2.63. The lowest BCUT2D eigenvalue weighted by atomic mass is 10.2. The van der Waals surface area contributed by atoms with Crippen LogP contribution < -0.4 is 11.1 Å². The largest absolute Gasteiger partial charge is 0.366 e. The van der Waals surface area contributed by atoms with Crippen molar-refractivity contribution in [2.24, 2.45) is 5.73 Å². The lowest BCUT2D eigenvalue weighted by Gasteiger charge is -2.02. The molecule has 0 spiro atoms. The van der Waals surface area contributed by atoms with Gasteiger partial charge >= 0.3 is 0 Å². The van der Waals surface area contributed by atoms with Gasteiger partial charge in [0, 0.05) is 32.3 Å². The molecule has 0 saturated heterocycles. The standard InChI is InChI=1S/C18H13ClN2O2S/c19-17-13-3-1-2-4-14(13)24-15(17)9-10-16(22)21-12-7-5-11(6-8-12)18(20)23/h1-10H,(H2,20,23)(H,21,22)/b10-9+. The van der Waals surface area contributed by atoms with Crippen LogP contribution in [0.2, 0.25) is 5.02 Å². The van der Waals surface area contributed by atoms with Gasteiger partial charge in [0.2, 0.25) is 11.8 Å². The Morgan fingerprint density at radius 2 is 1.79 bits per heavy atom. The fraction of sp³-hybridized carbons (Fsp3) is 0. The molecule has 3 aromatic rings. The number of anilines is 1. The Morgan fingerprint density at radius 1 is 1.08 bits per heavy atom. The number of nitrogens with two attached hydrogens (primary N) is 1. The summed E-state index contributed by atoms with van der Waals surface area (Å²) < 4.78 is 1.07. The van der Waals surface area contributed by atoms with Crippen LogP contribution in [0.4, 0.5) is 5.69 Å². The zero-order chi connectivity index (χ0) is 17.1. The smallest absolute Gasteiger partial charge is 0.248 e. The van der Waals surface area contributed by atoms with Crippen molar-refractivity contribution in [3.8, 4) is 0 Å². The fourth-order valence-electron chi connectivity index (χ4n) is 2.19. The molecule has 6 heteroatoms. The van der Waals surface area contributed by atoms with Crippen LogP contribution in [0.5, 0.6) is 0 Å². The third-order valence-electron chi connectivity index (χ3n) is 3.38. The number of halogens is 1. The summed E-state index contributed by atoms with van der Waals surface area (Å²) >= 11 is 7.86. The minimum atomic E-state index is -0.507. The van der Waals surface area contributed by atoms with E-state index in [0.29, 0.717) is 16.3 Å². The first-order chi connectivity index (χ1) is 11.5. The van der Waals surface area contributed by atoms with E-state index in [2.05, 4.69) is 5.32 Å². The molecule has 2 aromatic carbocycles. The van der Waals surface area contributed by atoms with Crippen molar-refractivity contribution in [2.75, 3.05) is 5.32 Å². The normalized spacial score (nSPS) is 11.0. The van der Waals surface area contributed by atoms with Crippen molar-refractivity contribution in [2.45, 2.75) is 0 Å². The molecule has 0 aliphatic carbocycles. The molecule has 0 bridgehead atoms. The van der Waals surface area contributed by atoms with Crippen molar-refractivity contribution < 1.29 is 9.59 Å². The molecule has 1 heterocycles. The molecule has 0 radical (unpaired) electrons. The van der Waals surface area contributed by atoms with Gasteiger partial charge in [0.05, 0.1) is 5.02 Å².